The first-order valence-electron chi connectivity index (χ1n) is 8.62. The molecule has 3 aliphatic heterocycles. The second-order valence-electron chi connectivity index (χ2n) is 6.12. The average Bonchev–Trinajstić information content (AvgIpc) is 3.17. The van der Waals surface area contributed by atoms with Crippen molar-refractivity contribution in [1.29, 1.82) is 0 Å². The molecule has 1 aromatic carbocycles. The number of nitrogens with one attached hydrogen (secondary N) is 1. The summed E-state index contributed by atoms with van der Waals surface area (Å²) in [5, 5.41) is 2.64. The van der Waals surface area contributed by atoms with E-state index in [0.717, 1.165) is 10.5 Å². The van der Waals surface area contributed by atoms with Gasteiger partial charge in [0.2, 0.25) is 18.6 Å². The van der Waals surface area contributed by atoms with Crippen LogP contribution in [0, 0.1) is 5.92 Å². The first-order chi connectivity index (χ1) is 13.6. The lowest BCUT2D eigenvalue weighted by Gasteiger charge is -2.27. The molecule has 142 valence electrons. The van der Waals surface area contributed by atoms with Crippen LogP contribution < -0.4 is 14.8 Å². The van der Waals surface area contributed by atoms with Crippen LogP contribution in [0.3, 0.4) is 0 Å². The van der Waals surface area contributed by atoms with E-state index < -0.39 is 17.9 Å². The van der Waals surface area contributed by atoms with Gasteiger partial charge in [-0.05, 0) is 29.8 Å². The molecule has 28 heavy (non-hydrogen) atoms. The number of hydrogen-bond donors (Lipinski definition) is 1. The molecule has 0 saturated carbocycles. The number of amidine groups is 1. The molecule has 0 aromatic heterocycles. The van der Waals surface area contributed by atoms with E-state index in [1.165, 1.54) is 12.3 Å². The normalized spacial score (nSPS) is 19.8. The van der Waals surface area contributed by atoms with Gasteiger partial charge in [-0.1, -0.05) is 12.1 Å². The lowest BCUT2D eigenvalue weighted by molar-refractivity contribution is -0.129. The Labute approximate surface area is 160 Å². The number of urea groups is 1. The number of allylic oxidation sites excluding steroid dienone is 1. The van der Waals surface area contributed by atoms with Crippen LogP contribution in [0.2, 0.25) is 0 Å². The lowest BCUT2D eigenvalue weighted by atomic mass is 10.0. The molecule has 4 rings (SSSR count). The van der Waals surface area contributed by atoms with Crippen LogP contribution in [-0.4, -0.2) is 54.7 Å². The zero-order valence-corrected chi connectivity index (χ0v) is 14.7. The molecule has 4 amide bonds. The molecule has 0 aliphatic carbocycles. The van der Waals surface area contributed by atoms with E-state index in [9.17, 15) is 14.4 Å². The number of hydrogen-bond acceptors (Lipinski definition) is 6. The summed E-state index contributed by atoms with van der Waals surface area (Å²) in [5.41, 5.74) is 0.785. The first kappa shape index (κ1) is 17.7. The zero-order valence-electron chi connectivity index (χ0n) is 14.7. The Morgan fingerprint density at radius 3 is 3.04 bits per heavy atom. The topological polar surface area (TPSA) is 110 Å². The Balaban J connectivity index is 1.30. The standard InChI is InChI=1S/C19H16N4O5/c24-16(6-4-12-3-5-14-15(10-12)28-11-27-14)20-8-9-23-18(25)13-2-1-7-21-17(13)22-19(23)26/h1-7,10,13H,8-9,11H2,(H,20,24)/b6-4-. The highest BCUT2D eigenvalue weighted by atomic mass is 16.7. The SMILES string of the molecule is O=C(/C=C\c1ccc2c(c1)OCO2)NCCN1C(=O)N=C2N=CC=CC2C1=O. The van der Waals surface area contributed by atoms with E-state index in [-0.39, 0.29) is 31.6 Å². The average molecular weight is 380 g/mol. The largest absolute Gasteiger partial charge is 0.454 e. The third-order valence-electron chi connectivity index (χ3n) is 4.31. The van der Waals surface area contributed by atoms with E-state index in [0.29, 0.717) is 11.5 Å². The van der Waals surface area contributed by atoms with Gasteiger partial charge in [-0.2, -0.15) is 4.99 Å². The summed E-state index contributed by atoms with van der Waals surface area (Å²) < 4.78 is 10.5. The number of dihydropyridines is 1. The number of rotatable bonds is 5. The van der Waals surface area contributed by atoms with E-state index in [4.69, 9.17) is 9.47 Å². The maximum Gasteiger partial charge on any atom is 0.352 e. The quantitative estimate of drug-likeness (QED) is 0.771. The Bertz CT molecular complexity index is 963. The number of carbonyl (C=O) groups is 3. The van der Waals surface area contributed by atoms with Gasteiger partial charge in [0.25, 0.3) is 0 Å². The minimum absolute atomic E-state index is 0.0338. The molecule has 0 spiro atoms. The highest BCUT2D eigenvalue weighted by molar-refractivity contribution is 6.19. The maximum absolute atomic E-state index is 12.4. The minimum atomic E-state index is -0.672. The molecule has 0 saturated heterocycles. The molecular weight excluding hydrogens is 364 g/mol. The van der Waals surface area contributed by atoms with Crippen LogP contribution in [0.15, 0.2) is 46.4 Å². The second-order valence-corrected chi connectivity index (χ2v) is 6.12. The Morgan fingerprint density at radius 1 is 1.29 bits per heavy atom. The molecular formula is C19H16N4O5. The number of carbonyl (C=O) groups excluding carboxylic acids is 3. The fourth-order valence-electron chi connectivity index (χ4n) is 2.90. The van der Waals surface area contributed by atoms with Crippen LogP contribution in [0.4, 0.5) is 4.79 Å². The number of nitrogens with zero attached hydrogens (tertiary/aromatic N) is 3. The summed E-state index contributed by atoms with van der Waals surface area (Å²) in [5.74, 6) is 0.107. The van der Waals surface area contributed by atoms with Gasteiger partial charge in [-0.25, -0.2) is 9.79 Å². The van der Waals surface area contributed by atoms with E-state index in [1.807, 2.05) is 0 Å². The number of imide groups is 1. The molecule has 0 radical (unpaired) electrons. The van der Waals surface area contributed by atoms with Crippen LogP contribution in [0.5, 0.6) is 11.5 Å². The van der Waals surface area contributed by atoms with Crippen LogP contribution in [-0.2, 0) is 9.59 Å². The predicted molar refractivity (Wildman–Crippen MR) is 100 cm³/mol. The van der Waals surface area contributed by atoms with Crippen molar-refractivity contribution < 1.29 is 23.9 Å². The van der Waals surface area contributed by atoms with Crippen molar-refractivity contribution in [2.75, 3.05) is 19.9 Å². The molecule has 9 heteroatoms. The molecule has 0 fully saturated rings. The summed E-state index contributed by atoms with van der Waals surface area (Å²) in [6.45, 7) is 0.337. The second kappa shape index (κ2) is 7.47. The summed E-state index contributed by atoms with van der Waals surface area (Å²) in [7, 11) is 0. The Hall–Kier alpha value is -3.75. The van der Waals surface area contributed by atoms with Crippen molar-refractivity contribution in [3.8, 4) is 11.5 Å². The van der Waals surface area contributed by atoms with Crippen LogP contribution in [0.1, 0.15) is 5.56 Å². The molecule has 1 N–H and O–H groups in total. The number of benzene rings is 1. The highest BCUT2D eigenvalue weighted by Crippen LogP contribution is 2.32. The van der Waals surface area contributed by atoms with Gasteiger partial charge < -0.3 is 14.8 Å². The van der Waals surface area contributed by atoms with Crippen molar-refractivity contribution in [2.24, 2.45) is 15.9 Å². The monoisotopic (exact) mass is 380 g/mol. The van der Waals surface area contributed by atoms with Gasteiger partial charge in [-0.3, -0.25) is 14.5 Å². The van der Waals surface area contributed by atoms with Crippen LogP contribution in [0.25, 0.3) is 6.08 Å². The molecule has 3 aliphatic rings. The fourth-order valence-corrected chi connectivity index (χ4v) is 2.90. The molecule has 1 unspecified atom stereocenters. The molecule has 9 nitrogen and oxygen atoms in total. The fraction of sp³-hybridized carbons (Fsp3) is 0.211. The summed E-state index contributed by atoms with van der Waals surface area (Å²) in [4.78, 5) is 45.2. The first-order valence-corrected chi connectivity index (χ1v) is 8.62. The van der Waals surface area contributed by atoms with Crippen molar-refractivity contribution in [3.05, 3.63) is 42.0 Å². The van der Waals surface area contributed by atoms with Crippen molar-refractivity contribution >= 4 is 36.0 Å². The van der Waals surface area contributed by atoms with Crippen LogP contribution >= 0.6 is 0 Å². The highest BCUT2D eigenvalue weighted by Gasteiger charge is 2.36. The molecule has 3 heterocycles. The smallest absolute Gasteiger partial charge is 0.352 e. The summed E-state index contributed by atoms with van der Waals surface area (Å²) in [6, 6.07) is 4.67. The van der Waals surface area contributed by atoms with Crippen molar-refractivity contribution in [3.63, 3.8) is 0 Å². The number of aliphatic imine (C=N–C) groups is 2. The van der Waals surface area contributed by atoms with Gasteiger partial charge in [0.05, 0.1) is 0 Å². The molecule has 1 atom stereocenters. The Morgan fingerprint density at radius 2 is 2.14 bits per heavy atom. The van der Waals surface area contributed by atoms with Gasteiger partial charge >= 0.3 is 6.03 Å². The number of amides is 4. The number of ether oxygens (including phenoxy) is 2. The summed E-state index contributed by atoms with van der Waals surface area (Å²) >= 11 is 0. The third-order valence-corrected chi connectivity index (χ3v) is 4.31. The number of fused-ring (bicyclic) bond motifs is 2. The van der Waals surface area contributed by atoms with Crippen molar-refractivity contribution in [2.45, 2.75) is 0 Å². The lowest BCUT2D eigenvalue weighted by Crippen LogP contribution is -2.48. The maximum atomic E-state index is 12.4. The third kappa shape index (κ3) is 3.54. The molecule has 0 bridgehead atoms. The van der Waals surface area contributed by atoms with Gasteiger partial charge in [0.1, 0.15) is 11.8 Å². The van der Waals surface area contributed by atoms with E-state index in [1.54, 1.807) is 36.4 Å². The van der Waals surface area contributed by atoms with Gasteiger partial charge in [0.15, 0.2) is 11.5 Å². The van der Waals surface area contributed by atoms with Crippen molar-refractivity contribution in [1.82, 2.24) is 10.2 Å². The van der Waals surface area contributed by atoms with Gasteiger partial charge in [-0.15, -0.1) is 0 Å². The van der Waals surface area contributed by atoms with E-state index >= 15 is 0 Å². The zero-order chi connectivity index (χ0) is 19.5. The Kier molecular flexibility index (Phi) is 4.71. The van der Waals surface area contributed by atoms with Gasteiger partial charge in [0, 0.05) is 25.4 Å². The minimum Gasteiger partial charge on any atom is -0.454 e. The predicted octanol–water partition coefficient (Wildman–Crippen LogP) is 1.16. The molecule has 1 aromatic rings. The summed E-state index contributed by atoms with van der Waals surface area (Å²) in [6.07, 6.45) is 7.76. The van der Waals surface area contributed by atoms with E-state index in [2.05, 4.69) is 15.3 Å².